The molecule has 1 saturated carbocycles. The first-order chi connectivity index (χ1) is 10.7. The average molecular weight is 297 g/mol. The van der Waals surface area contributed by atoms with Crippen molar-refractivity contribution in [3.05, 3.63) is 59.9 Å². The Kier molecular flexibility index (Phi) is 4.44. The number of aliphatic hydroxyl groups is 1. The maximum absolute atomic E-state index is 11.3. The van der Waals surface area contributed by atoms with Gasteiger partial charge in [0.15, 0.2) is 0 Å². The molecule has 0 unspecified atom stereocenters. The van der Waals surface area contributed by atoms with Crippen molar-refractivity contribution in [2.24, 2.45) is 5.92 Å². The average Bonchev–Trinajstić information content (AvgIpc) is 2.58. The Labute approximate surface area is 132 Å². The first kappa shape index (κ1) is 15.0. The molecule has 1 aliphatic rings. The third kappa shape index (κ3) is 3.00. The van der Waals surface area contributed by atoms with Gasteiger partial charge in [0.25, 0.3) is 0 Å². The maximum atomic E-state index is 11.3. The van der Waals surface area contributed by atoms with Gasteiger partial charge in [-0.1, -0.05) is 43.2 Å². The Morgan fingerprint density at radius 1 is 1.18 bits per heavy atom. The summed E-state index contributed by atoms with van der Waals surface area (Å²) in [5.41, 5.74) is 1.32. The standard InChI is InChI=1S/C19H23NO2/c1-22-18-11-10-17(20-14-18)13-16-9-5-6-12-19(16,21)15-7-3-2-4-8-15/h2-4,7-8,10-11,14,16,21H,5-6,9,12-13H2,1H3/t16-,19+/m1/s1. The van der Waals surface area contributed by atoms with Crippen LogP contribution in [0.5, 0.6) is 5.75 Å². The van der Waals surface area contributed by atoms with Crippen molar-refractivity contribution in [2.75, 3.05) is 7.11 Å². The first-order valence-electron chi connectivity index (χ1n) is 7.99. The summed E-state index contributed by atoms with van der Waals surface area (Å²) < 4.78 is 5.16. The molecule has 0 aliphatic heterocycles. The molecule has 0 radical (unpaired) electrons. The Balaban J connectivity index is 1.83. The summed E-state index contributed by atoms with van der Waals surface area (Å²) in [5, 5.41) is 11.3. The van der Waals surface area contributed by atoms with Crippen LogP contribution < -0.4 is 4.74 Å². The molecule has 1 aromatic carbocycles. The third-order valence-electron chi connectivity index (χ3n) is 4.80. The largest absolute Gasteiger partial charge is 0.495 e. The minimum Gasteiger partial charge on any atom is -0.495 e. The molecule has 2 aromatic rings. The highest BCUT2D eigenvalue weighted by Crippen LogP contribution is 2.43. The smallest absolute Gasteiger partial charge is 0.137 e. The molecule has 3 heteroatoms. The van der Waals surface area contributed by atoms with Crippen LogP contribution in [0.1, 0.15) is 36.9 Å². The van der Waals surface area contributed by atoms with Gasteiger partial charge in [-0.2, -0.15) is 0 Å². The lowest BCUT2D eigenvalue weighted by atomic mass is 9.70. The fourth-order valence-electron chi connectivity index (χ4n) is 3.51. The Morgan fingerprint density at radius 2 is 2.00 bits per heavy atom. The summed E-state index contributed by atoms with van der Waals surface area (Å²) in [6.07, 6.45) is 6.68. The van der Waals surface area contributed by atoms with E-state index in [2.05, 4.69) is 4.98 Å². The molecule has 1 aliphatic carbocycles. The Bertz CT molecular complexity index is 597. The van der Waals surface area contributed by atoms with Crippen molar-refractivity contribution < 1.29 is 9.84 Å². The molecule has 1 heterocycles. The lowest BCUT2D eigenvalue weighted by molar-refractivity contribution is -0.0545. The van der Waals surface area contributed by atoms with E-state index in [1.807, 2.05) is 42.5 Å². The molecule has 0 amide bonds. The zero-order chi connectivity index (χ0) is 15.4. The number of hydrogen-bond acceptors (Lipinski definition) is 3. The molecule has 1 N–H and O–H groups in total. The number of nitrogens with zero attached hydrogens (tertiary/aromatic N) is 1. The molecule has 22 heavy (non-hydrogen) atoms. The summed E-state index contributed by atoms with van der Waals surface area (Å²) in [4.78, 5) is 4.47. The van der Waals surface area contributed by atoms with Crippen LogP contribution in [-0.2, 0) is 12.0 Å². The lowest BCUT2D eigenvalue weighted by Crippen LogP contribution is -2.39. The van der Waals surface area contributed by atoms with Gasteiger partial charge in [-0.3, -0.25) is 4.98 Å². The van der Waals surface area contributed by atoms with Crippen molar-refractivity contribution in [3.8, 4) is 5.75 Å². The molecule has 1 aromatic heterocycles. The summed E-state index contributed by atoms with van der Waals surface area (Å²) in [6.45, 7) is 0. The maximum Gasteiger partial charge on any atom is 0.137 e. The second-order valence-corrected chi connectivity index (χ2v) is 6.13. The van der Waals surface area contributed by atoms with Crippen LogP contribution in [0.4, 0.5) is 0 Å². The van der Waals surface area contributed by atoms with Gasteiger partial charge < -0.3 is 9.84 Å². The summed E-state index contributed by atoms with van der Waals surface area (Å²) >= 11 is 0. The van der Waals surface area contributed by atoms with Crippen molar-refractivity contribution in [1.29, 1.82) is 0 Å². The van der Waals surface area contributed by atoms with Gasteiger partial charge >= 0.3 is 0 Å². The van der Waals surface area contributed by atoms with Crippen molar-refractivity contribution in [2.45, 2.75) is 37.7 Å². The predicted molar refractivity (Wildman–Crippen MR) is 86.8 cm³/mol. The van der Waals surface area contributed by atoms with Crippen LogP contribution >= 0.6 is 0 Å². The van der Waals surface area contributed by atoms with Crippen molar-refractivity contribution in [1.82, 2.24) is 4.98 Å². The van der Waals surface area contributed by atoms with E-state index in [1.54, 1.807) is 13.3 Å². The fraction of sp³-hybridized carbons (Fsp3) is 0.421. The second kappa shape index (κ2) is 6.49. The summed E-state index contributed by atoms with van der Waals surface area (Å²) in [5.74, 6) is 0.982. The molecular weight excluding hydrogens is 274 g/mol. The van der Waals surface area contributed by atoms with Crippen LogP contribution in [0.25, 0.3) is 0 Å². The third-order valence-corrected chi connectivity index (χ3v) is 4.80. The minimum absolute atomic E-state index is 0.213. The molecule has 116 valence electrons. The van der Waals surface area contributed by atoms with Crippen LogP contribution in [0.15, 0.2) is 48.7 Å². The van der Waals surface area contributed by atoms with Crippen LogP contribution in [-0.4, -0.2) is 17.2 Å². The molecule has 3 rings (SSSR count). The van der Waals surface area contributed by atoms with E-state index in [4.69, 9.17) is 4.74 Å². The number of benzene rings is 1. The predicted octanol–water partition coefficient (Wildman–Crippen LogP) is 3.71. The molecule has 0 bridgehead atoms. The molecule has 0 spiro atoms. The number of rotatable bonds is 4. The molecular formula is C19H23NO2. The number of pyridine rings is 1. The fourth-order valence-corrected chi connectivity index (χ4v) is 3.51. The van der Waals surface area contributed by atoms with Gasteiger partial charge in [0, 0.05) is 5.69 Å². The minimum atomic E-state index is -0.735. The Morgan fingerprint density at radius 3 is 2.68 bits per heavy atom. The highest BCUT2D eigenvalue weighted by molar-refractivity contribution is 5.25. The van der Waals surface area contributed by atoms with Crippen LogP contribution in [0, 0.1) is 5.92 Å². The van der Waals surface area contributed by atoms with Gasteiger partial charge in [0.05, 0.1) is 18.9 Å². The van der Waals surface area contributed by atoms with E-state index in [9.17, 15) is 5.11 Å². The lowest BCUT2D eigenvalue weighted by Gasteiger charge is -2.40. The van der Waals surface area contributed by atoms with Gasteiger partial charge in [0.2, 0.25) is 0 Å². The Hall–Kier alpha value is -1.87. The quantitative estimate of drug-likeness (QED) is 0.935. The monoisotopic (exact) mass is 297 g/mol. The van der Waals surface area contributed by atoms with Gasteiger partial charge in [-0.25, -0.2) is 0 Å². The molecule has 3 nitrogen and oxygen atoms in total. The number of ether oxygens (including phenoxy) is 1. The zero-order valence-corrected chi connectivity index (χ0v) is 13.0. The number of aromatic nitrogens is 1. The molecule has 1 fully saturated rings. The van der Waals surface area contributed by atoms with Gasteiger partial charge in [-0.15, -0.1) is 0 Å². The van der Waals surface area contributed by atoms with E-state index < -0.39 is 5.60 Å². The topological polar surface area (TPSA) is 42.4 Å². The van der Waals surface area contributed by atoms with Crippen molar-refractivity contribution >= 4 is 0 Å². The van der Waals surface area contributed by atoms with E-state index >= 15 is 0 Å². The van der Waals surface area contributed by atoms with E-state index in [0.29, 0.717) is 0 Å². The van der Waals surface area contributed by atoms with E-state index in [0.717, 1.165) is 42.7 Å². The van der Waals surface area contributed by atoms with E-state index in [-0.39, 0.29) is 5.92 Å². The highest BCUT2D eigenvalue weighted by Gasteiger charge is 2.40. The SMILES string of the molecule is COc1ccc(C[C@H]2CCCC[C@]2(O)c2ccccc2)nc1. The van der Waals surface area contributed by atoms with Gasteiger partial charge in [-0.05, 0) is 42.9 Å². The second-order valence-electron chi connectivity index (χ2n) is 6.13. The number of methoxy groups -OCH3 is 1. The van der Waals surface area contributed by atoms with Gasteiger partial charge in [0.1, 0.15) is 5.75 Å². The number of hydrogen-bond donors (Lipinski definition) is 1. The normalized spacial score (nSPS) is 24.9. The van der Waals surface area contributed by atoms with Crippen molar-refractivity contribution in [3.63, 3.8) is 0 Å². The molecule has 0 saturated heterocycles. The summed E-state index contributed by atoms with van der Waals surface area (Å²) in [7, 11) is 1.64. The van der Waals surface area contributed by atoms with E-state index in [1.165, 1.54) is 6.42 Å². The molecule has 2 atom stereocenters. The van der Waals surface area contributed by atoms with Crippen LogP contribution in [0.2, 0.25) is 0 Å². The highest BCUT2D eigenvalue weighted by atomic mass is 16.5. The van der Waals surface area contributed by atoms with Crippen LogP contribution in [0.3, 0.4) is 0 Å². The summed E-state index contributed by atoms with van der Waals surface area (Å²) in [6, 6.07) is 14.0. The first-order valence-corrected chi connectivity index (χ1v) is 7.99. The zero-order valence-electron chi connectivity index (χ0n) is 13.0.